The predicted molar refractivity (Wildman–Crippen MR) is 107 cm³/mol. The van der Waals surface area contributed by atoms with E-state index in [1.54, 1.807) is 22.7 Å². The summed E-state index contributed by atoms with van der Waals surface area (Å²) >= 11 is 5.91. The van der Waals surface area contributed by atoms with Gasteiger partial charge in [0.05, 0.1) is 40.8 Å². The molecule has 0 radical (unpaired) electrons. The topological polar surface area (TPSA) is 100 Å². The molecule has 7 nitrogen and oxygen atoms in total. The van der Waals surface area contributed by atoms with Crippen molar-refractivity contribution in [1.82, 2.24) is 19.3 Å². The highest BCUT2D eigenvalue weighted by Crippen LogP contribution is 2.24. The molecule has 0 atom stereocenters. The van der Waals surface area contributed by atoms with E-state index in [1.807, 2.05) is 0 Å². The summed E-state index contributed by atoms with van der Waals surface area (Å²) in [5.41, 5.74) is 8.12. The van der Waals surface area contributed by atoms with Gasteiger partial charge in [-0.05, 0) is 23.8 Å². The van der Waals surface area contributed by atoms with Gasteiger partial charge in [-0.25, -0.2) is 14.4 Å². The van der Waals surface area contributed by atoms with Gasteiger partial charge in [0, 0.05) is 24.7 Å². The smallest absolute Gasteiger partial charge is 0.256 e. The van der Waals surface area contributed by atoms with Crippen LogP contribution >= 0.6 is 11.6 Å². The lowest BCUT2D eigenvalue weighted by atomic mass is 10.1. The van der Waals surface area contributed by atoms with Gasteiger partial charge in [0.15, 0.2) is 0 Å². The number of halogens is 2. The molecule has 0 aliphatic carbocycles. The minimum Gasteiger partial charge on any atom is -0.382 e. The Bertz CT molecular complexity index is 1330. The number of benzene rings is 2. The third-order valence-corrected chi connectivity index (χ3v) is 4.88. The molecule has 0 aliphatic heterocycles. The van der Waals surface area contributed by atoms with Crippen molar-refractivity contribution in [2.24, 2.45) is 0 Å². The van der Waals surface area contributed by atoms with Crippen LogP contribution in [0.4, 0.5) is 10.2 Å². The molecule has 2 heterocycles. The van der Waals surface area contributed by atoms with E-state index in [-0.39, 0.29) is 17.9 Å². The summed E-state index contributed by atoms with van der Waals surface area (Å²) in [6.07, 6.45) is 3.07. The standard InChI is InChI=1S/C20H14ClFN6O/c1-27(9-11-2-3-13(21)4-12(11)7-23)20(29)14-5-17-16(6-15(14)22)26-19(24)18-8-25-10-28(17)18/h2-6,8,10H,9H2,1H3,(H2,24,26). The number of carbonyl (C=O) groups is 1. The Morgan fingerprint density at radius 3 is 2.90 bits per heavy atom. The van der Waals surface area contributed by atoms with Gasteiger partial charge in [-0.3, -0.25) is 9.20 Å². The first-order valence-electron chi connectivity index (χ1n) is 8.54. The maximum atomic E-state index is 14.7. The number of nitrogens with zero attached hydrogens (tertiary/aromatic N) is 5. The molecule has 2 aromatic carbocycles. The number of nitrogens with two attached hydrogens (primary N) is 1. The molecule has 144 valence electrons. The minimum atomic E-state index is -0.711. The van der Waals surface area contributed by atoms with Crippen LogP contribution in [-0.4, -0.2) is 32.2 Å². The van der Waals surface area contributed by atoms with Crippen LogP contribution in [0.15, 0.2) is 42.9 Å². The normalized spacial score (nSPS) is 11.0. The lowest BCUT2D eigenvalue weighted by Gasteiger charge is -2.19. The van der Waals surface area contributed by atoms with E-state index < -0.39 is 11.7 Å². The van der Waals surface area contributed by atoms with Crippen LogP contribution in [0.2, 0.25) is 5.02 Å². The Morgan fingerprint density at radius 2 is 2.14 bits per heavy atom. The molecule has 0 aliphatic rings. The molecular formula is C20H14ClFN6O. The van der Waals surface area contributed by atoms with Crippen LogP contribution < -0.4 is 5.73 Å². The number of hydrogen-bond donors (Lipinski definition) is 1. The van der Waals surface area contributed by atoms with Crippen molar-refractivity contribution in [3.05, 3.63) is 70.4 Å². The molecule has 29 heavy (non-hydrogen) atoms. The van der Waals surface area contributed by atoms with Gasteiger partial charge in [-0.1, -0.05) is 17.7 Å². The molecule has 4 aromatic rings. The van der Waals surface area contributed by atoms with Crippen LogP contribution in [-0.2, 0) is 6.54 Å². The van der Waals surface area contributed by atoms with E-state index in [4.69, 9.17) is 17.3 Å². The molecule has 0 fully saturated rings. The van der Waals surface area contributed by atoms with Crippen molar-refractivity contribution < 1.29 is 9.18 Å². The fourth-order valence-corrected chi connectivity index (χ4v) is 3.36. The first kappa shape index (κ1) is 18.7. The number of amides is 1. The minimum absolute atomic E-state index is 0.117. The van der Waals surface area contributed by atoms with Crippen LogP contribution in [0.5, 0.6) is 0 Å². The van der Waals surface area contributed by atoms with Crippen LogP contribution in [0.1, 0.15) is 21.5 Å². The summed E-state index contributed by atoms with van der Waals surface area (Å²) in [5.74, 6) is -1.02. The van der Waals surface area contributed by atoms with E-state index in [9.17, 15) is 14.4 Å². The highest BCUT2D eigenvalue weighted by atomic mass is 35.5. The average molecular weight is 409 g/mol. The van der Waals surface area contributed by atoms with Gasteiger partial charge in [0.25, 0.3) is 5.91 Å². The lowest BCUT2D eigenvalue weighted by Crippen LogP contribution is -2.27. The van der Waals surface area contributed by atoms with Crippen molar-refractivity contribution in [3.8, 4) is 6.07 Å². The van der Waals surface area contributed by atoms with E-state index in [1.165, 1.54) is 36.5 Å². The second-order valence-electron chi connectivity index (χ2n) is 6.54. The highest BCUT2D eigenvalue weighted by Gasteiger charge is 2.20. The number of anilines is 1. The number of fused-ring (bicyclic) bond motifs is 3. The molecule has 2 aromatic heterocycles. The molecule has 0 spiro atoms. The van der Waals surface area contributed by atoms with Crippen LogP contribution in [0.25, 0.3) is 16.6 Å². The average Bonchev–Trinajstić information content (AvgIpc) is 3.19. The molecule has 0 bridgehead atoms. The third-order valence-electron chi connectivity index (χ3n) is 4.64. The summed E-state index contributed by atoms with van der Waals surface area (Å²) in [7, 11) is 1.54. The molecule has 2 N–H and O–H groups in total. The Balaban J connectivity index is 1.74. The van der Waals surface area contributed by atoms with Crippen molar-refractivity contribution in [3.63, 3.8) is 0 Å². The number of imidazole rings is 1. The number of rotatable bonds is 3. The molecule has 1 amide bonds. The summed E-state index contributed by atoms with van der Waals surface area (Å²) in [5, 5.41) is 9.71. The first-order chi connectivity index (χ1) is 13.9. The zero-order chi connectivity index (χ0) is 20.7. The zero-order valence-electron chi connectivity index (χ0n) is 15.2. The number of aromatic nitrogens is 3. The van der Waals surface area contributed by atoms with Crippen LogP contribution in [0, 0.1) is 17.1 Å². The number of nitriles is 1. The fourth-order valence-electron chi connectivity index (χ4n) is 3.18. The molecule has 0 saturated carbocycles. The quantitative estimate of drug-likeness (QED) is 0.560. The molecule has 9 heteroatoms. The highest BCUT2D eigenvalue weighted by molar-refractivity contribution is 6.30. The van der Waals surface area contributed by atoms with Gasteiger partial charge in [-0.2, -0.15) is 5.26 Å². The number of carbonyl (C=O) groups excluding carboxylic acids is 1. The largest absolute Gasteiger partial charge is 0.382 e. The van der Waals surface area contributed by atoms with Gasteiger partial charge in [0.1, 0.15) is 17.2 Å². The Kier molecular flexibility index (Phi) is 4.53. The summed E-state index contributed by atoms with van der Waals surface area (Å²) in [6.45, 7) is 0.122. The summed E-state index contributed by atoms with van der Waals surface area (Å²) in [4.78, 5) is 22.5. The SMILES string of the molecule is CN(Cc1ccc(Cl)cc1C#N)C(=O)c1cc2c(cc1F)nc(N)c1cncn12. The Hall–Kier alpha value is -3.70. The van der Waals surface area contributed by atoms with Gasteiger partial charge < -0.3 is 10.6 Å². The van der Waals surface area contributed by atoms with Gasteiger partial charge >= 0.3 is 0 Å². The monoisotopic (exact) mass is 408 g/mol. The summed E-state index contributed by atoms with van der Waals surface area (Å²) in [6, 6.07) is 9.49. The van der Waals surface area contributed by atoms with Crippen molar-refractivity contribution in [2.45, 2.75) is 6.54 Å². The van der Waals surface area contributed by atoms with Crippen molar-refractivity contribution in [1.29, 1.82) is 5.26 Å². The Morgan fingerprint density at radius 1 is 1.34 bits per heavy atom. The second-order valence-corrected chi connectivity index (χ2v) is 6.98. The van der Waals surface area contributed by atoms with E-state index in [0.29, 0.717) is 32.7 Å². The van der Waals surface area contributed by atoms with E-state index >= 15 is 0 Å². The number of hydrogen-bond acceptors (Lipinski definition) is 5. The summed E-state index contributed by atoms with van der Waals surface area (Å²) < 4.78 is 16.4. The van der Waals surface area contributed by atoms with Crippen molar-refractivity contribution >= 4 is 39.9 Å². The molecule has 4 rings (SSSR count). The molecule has 0 saturated heterocycles. The predicted octanol–water partition coefficient (Wildman–Crippen LogP) is 3.40. The maximum Gasteiger partial charge on any atom is 0.256 e. The van der Waals surface area contributed by atoms with Crippen LogP contribution in [0.3, 0.4) is 0 Å². The van der Waals surface area contributed by atoms with Gasteiger partial charge in [0.2, 0.25) is 0 Å². The Labute approximate surface area is 169 Å². The maximum absolute atomic E-state index is 14.7. The second kappa shape index (κ2) is 7.04. The third kappa shape index (κ3) is 3.22. The molecule has 0 unspecified atom stereocenters. The van der Waals surface area contributed by atoms with E-state index in [0.717, 1.165) is 0 Å². The van der Waals surface area contributed by atoms with Gasteiger partial charge in [-0.15, -0.1) is 0 Å². The number of nitrogen functional groups attached to an aromatic ring is 1. The molecular weight excluding hydrogens is 395 g/mol. The lowest BCUT2D eigenvalue weighted by molar-refractivity contribution is 0.0780. The zero-order valence-corrected chi connectivity index (χ0v) is 16.0. The van der Waals surface area contributed by atoms with Crippen molar-refractivity contribution in [2.75, 3.05) is 12.8 Å². The van der Waals surface area contributed by atoms with E-state index in [2.05, 4.69) is 16.0 Å². The first-order valence-corrected chi connectivity index (χ1v) is 8.91. The fraction of sp³-hybridized carbons (Fsp3) is 0.100.